The van der Waals surface area contributed by atoms with E-state index in [9.17, 15) is 5.11 Å². The van der Waals surface area contributed by atoms with Crippen molar-refractivity contribution < 1.29 is 28.8 Å². The Bertz CT molecular complexity index is 361. The second-order valence-corrected chi connectivity index (χ2v) is 6.86. The van der Waals surface area contributed by atoms with E-state index in [4.69, 9.17) is 23.7 Å². The molecule has 2 aliphatic heterocycles. The topological polar surface area (TPSA) is 66.4 Å². The molecule has 1 N–H and O–H groups in total. The van der Waals surface area contributed by atoms with Gasteiger partial charge in [0, 0.05) is 13.2 Å². The highest BCUT2D eigenvalue weighted by molar-refractivity contribution is 5.04. The van der Waals surface area contributed by atoms with Gasteiger partial charge in [0.15, 0.2) is 12.1 Å². The molecule has 6 heteroatoms. The van der Waals surface area contributed by atoms with Gasteiger partial charge in [-0.15, -0.1) is 0 Å². The molecule has 0 aromatic carbocycles. The summed E-state index contributed by atoms with van der Waals surface area (Å²) >= 11 is 0. The highest BCUT2D eigenvalue weighted by Crippen LogP contribution is 2.43. The van der Waals surface area contributed by atoms with Gasteiger partial charge < -0.3 is 28.8 Å². The molecule has 0 aromatic heterocycles. The molecule has 136 valence electrons. The molecule has 0 saturated carbocycles. The third-order valence-electron chi connectivity index (χ3n) is 4.31. The second-order valence-electron chi connectivity index (χ2n) is 6.86. The van der Waals surface area contributed by atoms with E-state index in [-0.39, 0.29) is 19.3 Å². The molecule has 0 amide bonds. The van der Waals surface area contributed by atoms with Gasteiger partial charge in [0.2, 0.25) is 0 Å². The van der Waals surface area contributed by atoms with Crippen LogP contribution in [0.15, 0.2) is 0 Å². The zero-order valence-electron chi connectivity index (χ0n) is 14.9. The summed E-state index contributed by atoms with van der Waals surface area (Å²) < 4.78 is 29.6. The normalized spacial score (nSPS) is 35.6. The molecule has 0 bridgehead atoms. The van der Waals surface area contributed by atoms with Crippen LogP contribution in [0.5, 0.6) is 0 Å². The summed E-state index contributed by atoms with van der Waals surface area (Å²) in [6, 6.07) is 0. The highest BCUT2D eigenvalue weighted by Gasteiger charge is 2.62. The van der Waals surface area contributed by atoms with Gasteiger partial charge in [-0.3, -0.25) is 0 Å². The molecule has 2 saturated heterocycles. The maximum atomic E-state index is 9.99. The van der Waals surface area contributed by atoms with E-state index in [2.05, 4.69) is 13.8 Å². The molecule has 2 heterocycles. The third kappa shape index (κ3) is 4.44. The smallest absolute Gasteiger partial charge is 0.190 e. The minimum atomic E-state index is -0.923. The van der Waals surface area contributed by atoms with E-state index in [0.717, 1.165) is 25.7 Å². The van der Waals surface area contributed by atoms with Crippen molar-refractivity contribution in [3.63, 3.8) is 0 Å². The second kappa shape index (κ2) is 8.23. The minimum Gasteiger partial charge on any atom is -0.393 e. The number of ether oxygens (including phenoxy) is 5. The Morgan fingerprint density at radius 2 is 1.70 bits per heavy atom. The fraction of sp³-hybridized carbons (Fsp3) is 1.00. The van der Waals surface area contributed by atoms with Gasteiger partial charge in [-0.25, -0.2) is 0 Å². The summed E-state index contributed by atoms with van der Waals surface area (Å²) in [6.07, 6.45) is 2.78. The Labute approximate surface area is 139 Å². The van der Waals surface area contributed by atoms with Crippen molar-refractivity contribution in [2.75, 3.05) is 26.4 Å². The first-order valence-electron chi connectivity index (χ1n) is 8.81. The van der Waals surface area contributed by atoms with E-state index in [1.165, 1.54) is 0 Å². The Morgan fingerprint density at radius 3 is 2.35 bits per heavy atom. The van der Waals surface area contributed by atoms with Crippen molar-refractivity contribution in [3.8, 4) is 0 Å². The van der Waals surface area contributed by atoms with E-state index in [0.29, 0.717) is 13.2 Å². The van der Waals surface area contributed by atoms with Crippen LogP contribution >= 0.6 is 0 Å². The van der Waals surface area contributed by atoms with E-state index in [1.807, 2.05) is 13.8 Å². The molecule has 0 aromatic rings. The van der Waals surface area contributed by atoms with Gasteiger partial charge in [-0.05, 0) is 26.7 Å². The molecule has 0 radical (unpaired) electrons. The van der Waals surface area contributed by atoms with Crippen molar-refractivity contribution in [2.24, 2.45) is 0 Å². The predicted octanol–water partition coefficient (Wildman–Crippen LogP) is 2.23. The van der Waals surface area contributed by atoms with Gasteiger partial charge in [-0.2, -0.15) is 0 Å². The van der Waals surface area contributed by atoms with Crippen molar-refractivity contribution in [1.29, 1.82) is 0 Å². The Morgan fingerprint density at radius 1 is 1.00 bits per heavy atom. The standard InChI is InChI=1S/C17H32O6/c1-5-7-9-19-12-17(11-18)14(20-10-8-6-2)13-15(23-17)22-16(3,4)21-13/h13-15,18H,5-12H2,1-4H3/t13-,14?,15+,17+/m0/s1. The van der Waals surface area contributed by atoms with Crippen molar-refractivity contribution >= 4 is 0 Å². The first-order chi connectivity index (χ1) is 11.0. The van der Waals surface area contributed by atoms with Crippen LogP contribution in [0, 0.1) is 0 Å². The van der Waals surface area contributed by atoms with Crippen LogP contribution < -0.4 is 0 Å². The monoisotopic (exact) mass is 332 g/mol. The molecule has 2 rings (SSSR count). The van der Waals surface area contributed by atoms with E-state index >= 15 is 0 Å². The third-order valence-corrected chi connectivity index (χ3v) is 4.31. The molecule has 0 aliphatic carbocycles. The fourth-order valence-electron chi connectivity index (χ4n) is 3.03. The average molecular weight is 332 g/mol. The van der Waals surface area contributed by atoms with Gasteiger partial charge in [-0.1, -0.05) is 26.7 Å². The van der Waals surface area contributed by atoms with Crippen LogP contribution in [0.4, 0.5) is 0 Å². The van der Waals surface area contributed by atoms with Gasteiger partial charge >= 0.3 is 0 Å². The molecule has 1 unspecified atom stereocenters. The van der Waals surface area contributed by atoms with Gasteiger partial charge in [0.05, 0.1) is 13.2 Å². The highest BCUT2D eigenvalue weighted by atomic mass is 16.8. The summed E-state index contributed by atoms with van der Waals surface area (Å²) in [6.45, 7) is 9.29. The summed E-state index contributed by atoms with van der Waals surface area (Å²) in [5.41, 5.74) is -0.923. The van der Waals surface area contributed by atoms with Crippen LogP contribution in [-0.2, 0) is 23.7 Å². The number of hydrogen-bond donors (Lipinski definition) is 1. The Hall–Kier alpha value is -0.240. The lowest BCUT2D eigenvalue weighted by molar-refractivity contribution is -0.260. The lowest BCUT2D eigenvalue weighted by Crippen LogP contribution is -2.52. The molecule has 2 aliphatic rings. The first kappa shape index (κ1) is 19.1. The van der Waals surface area contributed by atoms with Gasteiger partial charge in [0.25, 0.3) is 0 Å². The molecular weight excluding hydrogens is 300 g/mol. The summed E-state index contributed by atoms with van der Waals surface area (Å²) in [5.74, 6) is -0.702. The van der Waals surface area contributed by atoms with Gasteiger partial charge in [0.1, 0.15) is 17.8 Å². The average Bonchev–Trinajstić information content (AvgIpc) is 2.94. The number of unbranched alkanes of at least 4 members (excludes halogenated alkanes) is 2. The maximum absolute atomic E-state index is 9.99. The van der Waals surface area contributed by atoms with Crippen LogP contribution in [0.25, 0.3) is 0 Å². The predicted molar refractivity (Wildman–Crippen MR) is 85.1 cm³/mol. The largest absolute Gasteiger partial charge is 0.393 e. The van der Waals surface area contributed by atoms with Crippen molar-refractivity contribution in [3.05, 3.63) is 0 Å². The number of rotatable bonds is 10. The molecule has 2 fully saturated rings. The Balaban J connectivity index is 2.05. The summed E-state index contributed by atoms with van der Waals surface area (Å²) in [4.78, 5) is 0. The lowest BCUT2D eigenvalue weighted by atomic mass is 9.96. The van der Waals surface area contributed by atoms with Crippen LogP contribution in [0.1, 0.15) is 53.4 Å². The zero-order chi connectivity index (χ0) is 16.9. The number of aliphatic hydroxyl groups is 1. The minimum absolute atomic E-state index is 0.184. The zero-order valence-corrected chi connectivity index (χ0v) is 14.9. The van der Waals surface area contributed by atoms with Crippen LogP contribution in [0.2, 0.25) is 0 Å². The molecule has 6 nitrogen and oxygen atoms in total. The SMILES string of the molecule is CCCCOC[C@@]1(CO)O[C@H]2OC(C)(C)O[C@H]2C1OCCCC. The van der Waals surface area contributed by atoms with Crippen molar-refractivity contribution in [2.45, 2.75) is 83.3 Å². The fourth-order valence-corrected chi connectivity index (χ4v) is 3.03. The Kier molecular flexibility index (Phi) is 6.83. The maximum Gasteiger partial charge on any atom is 0.190 e. The molecule has 4 atom stereocenters. The quantitative estimate of drug-likeness (QED) is 0.619. The summed E-state index contributed by atoms with van der Waals surface area (Å²) in [5, 5.41) is 9.99. The number of aliphatic hydroxyl groups excluding tert-OH is 1. The van der Waals surface area contributed by atoms with Crippen LogP contribution in [0.3, 0.4) is 0 Å². The number of hydrogen-bond acceptors (Lipinski definition) is 6. The van der Waals surface area contributed by atoms with Crippen molar-refractivity contribution in [1.82, 2.24) is 0 Å². The number of fused-ring (bicyclic) bond motifs is 1. The van der Waals surface area contributed by atoms with Crippen LogP contribution in [-0.4, -0.2) is 61.4 Å². The van der Waals surface area contributed by atoms with E-state index < -0.39 is 23.8 Å². The lowest BCUT2D eigenvalue weighted by Gasteiger charge is -2.35. The first-order valence-corrected chi connectivity index (χ1v) is 8.81. The molecular formula is C17H32O6. The van der Waals surface area contributed by atoms with E-state index in [1.54, 1.807) is 0 Å². The molecule has 23 heavy (non-hydrogen) atoms. The summed E-state index contributed by atoms with van der Waals surface area (Å²) in [7, 11) is 0. The molecule has 0 spiro atoms.